The van der Waals surface area contributed by atoms with Crippen LogP contribution in [0.4, 0.5) is 0 Å². The van der Waals surface area contributed by atoms with Crippen molar-refractivity contribution in [1.82, 2.24) is 4.98 Å². The molecule has 56 valence electrons. The molecule has 11 heavy (non-hydrogen) atoms. The molecule has 1 heterocycles. The molecule has 0 amide bonds. The lowest BCUT2D eigenvalue weighted by Gasteiger charge is -1.93. The molecule has 3 nitrogen and oxygen atoms in total. The number of hydrogen-bond donors (Lipinski definition) is 1. The van der Waals surface area contributed by atoms with E-state index in [4.69, 9.17) is 4.42 Å². The summed E-state index contributed by atoms with van der Waals surface area (Å²) in [6.07, 6.45) is 1.33. The van der Waals surface area contributed by atoms with E-state index in [1.165, 1.54) is 6.39 Å². The quantitative estimate of drug-likeness (QED) is 0.621. The van der Waals surface area contributed by atoms with Crippen molar-refractivity contribution in [3.8, 4) is 5.75 Å². The van der Waals surface area contributed by atoms with E-state index >= 15 is 0 Å². The fourth-order valence-electron chi connectivity index (χ4n) is 1.07. The van der Waals surface area contributed by atoms with Gasteiger partial charge in [0, 0.05) is 0 Å². The lowest BCUT2D eigenvalue weighted by Crippen LogP contribution is -1.75. The van der Waals surface area contributed by atoms with Gasteiger partial charge in [-0.05, 0) is 18.6 Å². The SMILES string of the molecule is Cc1ccc(O)c2ocnc12. The first-order valence-electron chi connectivity index (χ1n) is 3.31. The molecular weight excluding hydrogens is 142 g/mol. The van der Waals surface area contributed by atoms with Crippen LogP contribution in [0, 0.1) is 6.92 Å². The monoisotopic (exact) mass is 149 g/mol. The smallest absolute Gasteiger partial charge is 0.196 e. The molecule has 1 aromatic carbocycles. The predicted molar refractivity (Wildman–Crippen MR) is 40.4 cm³/mol. The molecule has 0 aliphatic heterocycles. The maximum atomic E-state index is 9.25. The minimum atomic E-state index is 0.142. The molecule has 0 aliphatic rings. The first kappa shape index (κ1) is 6.22. The Morgan fingerprint density at radius 3 is 3.00 bits per heavy atom. The van der Waals surface area contributed by atoms with Crippen LogP contribution in [-0.2, 0) is 0 Å². The highest BCUT2D eigenvalue weighted by Crippen LogP contribution is 2.25. The van der Waals surface area contributed by atoms with Crippen molar-refractivity contribution in [2.45, 2.75) is 6.92 Å². The zero-order chi connectivity index (χ0) is 7.84. The average molecular weight is 149 g/mol. The lowest BCUT2D eigenvalue weighted by molar-refractivity contribution is 0.464. The lowest BCUT2D eigenvalue weighted by atomic mass is 10.2. The number of aromatic nitrogens is 1. The van der Waals surface area contributed by atoms with Gasteiger partial charge < -0.3 is 9.52 Å². The number of nitrogens with zero attached hydrogens (tertiary/aromatic N) is 1. The van der Waals surface area contributed by atoms with E-state index in [0.717, 1.165) is 11.1 Å². The zero-order valence-corrected chi connectivity index (χ0v) is 6.03. The summed E-state index contributed by atoms with van der Waals surface area (Å²) < 4.78 is 4.97. The molecule has 3 heteroatoms. The Balaban J connectivity index is 2.96. The van der Waals surface area contributed by atoms with Gasteiger partial charge in [-0.1, -0.05) is 6.07 Å². The van der Waals surface area contributed by atoms with E-state index in [1.807, 2.05) is 6.92 Å². The Morgan fingerprint density at radius 2 is 2.27 bits per heavy atom. The zero-order valence-electron chi connectivity index (χ0n) is 6.03. The van der Waals surface area contributed by atoms with Gasteiger partial charge in [-0.15, -0.1) is 0 Å². The Hall–Kier alpha value is -1.51. The number of aryl methyl sites for hydroxylation is 1. The summed E-state index contributed by atoms with van der Waals surface area (Å²) in [5, 5.41) is 9.25. The Labute approximate surface area is 63.3 Å². The third kappa shape index (κ3) is 0.774. The van der Waals surface area contributed by atoms with Crippen molar-refractivity contribution in [1.29, 1.82) is 0 Å². The van der Waals surface area contributed by atoms with Crippen molar-refractivity contribution >= 4 is 11.1 Å². The second-order valence-corrected chi connectivity index (χ2v) is 2.43. The highest BCUT2D eigenvalue weighted by molar-refractivity contribution is 5.81. The number of aromatic hydroxyl groups is 1. The minimum Gasteiger partial charge on any atom is -0.504 e. The molecule has 0 saturated carbocycles. The van der Waals surface area contributed by atoms with Gasteiger partial charge in [-0.3, -0.25) is 0 Å². The number of fused-ring (bicyclic) bond motifs is 1. The Bertz CT molecular complexity index is 356. The normalized spacial score (nSPS) is 10.6. The van der Waals surface area contributed by atoms with E-state index in [-0.39, 0.29) is 5.75 Å². The standard InChI is InChI=1S/C8H7NO2/c1-5-2-3-6(10)8-7(5)9-4-11-8/h2-4,10H,1H3. The summed E-state index contributed by atoms with van der Waals surface area (Å²) >= 11 is 0. The molecule has 1 N–H and O–H groups in total. The molecular formula is C8H7NO2. The van der Waals surface area contributed by atoms with E-state index < -0.39 is 0 Å². The number of phenolic OH excluding ortho intramolecular Hbond substituents is 1. The molecule has 1 aromatic heterocycles. The van der Waals surface area contributed by atoms with Gasteiger partial charge in [-0.25, -0.2) is 4.98 Å². The molecule has 0 unspecified atom stereocenters. The summed E-state index contributed by atoms with van der Waals surface area (Å²) in [6.45, 7) is 1.92. The second kappa shape index (κ2) is 1.99. The fraction of sp³-hybridized carbons (Fsp3) is 0.125. The summed E-state index contributed by atoms with van der Waals surface area (Å²) in [6, 6.07) is 3.41. The van der Waals surface area contributed by atoms with Crippen molar-refractivity contribution in [3.05, 3.63) is 24.1 Å². The summed E-state index contributed by atoms with van der Waals surface area (Å²) in [7, 11) is 0. The van der Waals surface area contributed by atoms with Gasteiger partial charge in [0.15, 0.2) is 17.7 Å². The van der Waals surface area contributed by atoms with Gasteiger partial charge in [0.05, 0.1) is 0 Å². The number of hydrogen-bond acceptors (Lipinski definition) is 3. The van der Waals surface area contributed by atoms with Gasteiger partial charge >= 0.3 is 0 Å². The maximum absolute atomic E-state index is 9.25. The summed E-state index contributed by atoms with van der Waals surface area (Å²) in [4.78, 5) is 3.95. The van der Waals surface area contributed by atoms with Gasteiger partial charge in [0.1, 0.15) is 5.52 Å². The molecule has 0 bridgehead atoms. The van der Waals surface area contributed by atoms with Crippen molar-refractivity contribution in [2.75, 3.05) is 0 Å². The topological polar surface area (TPSA) is 46.3 Å². The van der Waals surface area contributed by atoms with Gasteiger partial charge in [-0.2, -0.15) is 0 Å². The predicted octanol–water partition coefficient (Wildman–Crippen LogP) is 1.84. The van der Waals surface area contributed by atoms with Crippen LogP contribution in [0.2, 0.25) is 0 Å². The van der Waals surface area contributed by atoms with Crippen molar-refractivity contribution < 1.29 is 9.52 Å². The maximum Gasteiger partial charge on any atom is 0.196 e. The van der Waals surface area contributed by atoms with Gasteiger partial charge in [0.2, 0.25) is 0 Å². The van der Waals surface area contributed by atoms with Crippen LogP contribution in [0.25, 0.3) is 11.1 Å². The molecule has 0 aliphatic carbocycles. The molecule has 0 saturated heterocycles. The van der Waals surface area contributed by atoms with Crippen LogP contribution < -0.4 is 0 Å². The second-order valence-electron chi connectivity index (χ2n) is 2.43. The number of rotatable bonds is 0. The van der Waals surface area contributed by atoms with Gasteiger partial charge in [0.25, 0.3) is 0 Å². The minimum absolute atomic E-state index is 0.142. The number of benzene rings is 1. The Kier molecular flexibility index (Phi) is 1.12. The van der Waals surface area contributed by atoms with Crippen LogP contribution in [-0.4, -0.2) is 10.1 Å². The van der Waals surface area contributed by atoms with E-state index in [2.05, 4.69) is 4.98 Å². The highest BCUT2D eigenvalue weighted by atomic mass is 16.4. The van der Waals surface area contributed by atoms with E-state index in [9.17, 15) is 5.11 Å². The summed E-state index contributed by atoms with van der Waals surface area (Å²) in [5.41, 5.74) is 2.20. The summed E-state index contributed by atoms with van der Waals surface area (Å²) in [5.74, 6) is 0.142. The van der Waals surface area contributed by atoms with Crippen LogP contribution >= 0.6 is 0 Å². The van der Waals surface area contributed by atoms with E-state index in [1.54, 1.807) is 12.1 Å². The number of oxazole rings is 1. The molecule has 0 atom stereocenters. The highest BCUT2D eigenvalue weighted by Gasteiger charge is 2.05. The number of phenols is 1. The molecule has 0 spiro atoms. The first-order valence-corrected chi connectivity index (χ1v) is 3.31. The molecule has 2 rings (SSSR count). The van der Waals surface area contributed by atoms with Crippen LogP contribution in [0.1, 0.15) is 5.56 Å². The van der Waals surface area contributed by atoms with E-state index in [0.29, 0.717) is 5.58 Å². The fourth-order valence-corrected chi connectivity index (χ4v) is 1.07. The molecule has 2 aromatic rings. The third-order valence-corrected chi connectivity index (χ3v) is 1.66. The molecule has 0 fully saturated rings. The largest absolute Gasteiger partial charge is 0.504 e. The van der Waals surface area contributed by atoms with Crippen molar-refractivity contribution in [2.24, 2.45) is 0 Å². The third-order valence-electron chi connectivity index (χ3n) is 1.66. The van der Waals surface area contributed by atoms with Crippen LogP contribution in [0.3, 0.4) is 0 Å². The average Bonchev–Trinajstić information content (AvgIpc) is 2.45. The first-order chi connectivity index (χ1) is 5.29. The van der Waals surface area contributed by atoms with Crippen LogP contribution in [0.15, 0.2) is 22.9 Å². The van der Waals surface area contributed by atoms with Crippen LogP contribution in [0.5, 0.6) is 5.75 Å². The van der Waals surface area contributed by atoms with Crippen molar-refractivity contribution in [3.63, 3.8) is 0 Å². The Morgan fingerprint density at radius 1 is 1.45 bits per heavy atom. The molecule has 0 radical (unpaired) electrons.